The molecule has 42 heavy (non-hydrogen) atoms. The fourth-order valence-electron chi connectivity index (χ4n) is 4.36. The summed E-state index contributed by atoms with van der Waals surface area (Å²) in [4.78, 5) is 39.6. The van der Waals surface area contributed by atoms with Crippen LogP contribution in [0.4, 0.5) is 15.8 Å². The molecule has 1 unspecified atom stereocenters. The van der Waals surface area contributed by atoms with Crippen LogP contribution in [0.3, 0.4) is 0 Å². The van der Waals surface area contributed by atoms with Crippen LogP contribution in [-0.2, 0) is 32.6 Å². The molecule has 1 N–H and O–H groups in total. The molecule has 1 atom stereocenters. The molecule has 0 aliphatic carbocycles. The zero-order valence-electron chi connectivity index (χ0n) is 24.0. The van der Waals surface area contributed by atoms with Gasteiger partial charge in [-0.25, -0.2) is 12.8 Å². The molecular weight excluding hydrogens is 563 g/mol. The molecule has 0 heterocycles. The number of nitrogens with one attached hydrogen (secondary N) is 1. The number of carbonyl (C=O) groups excluding carboxylic acids is 2. The van der Waals surface area contributed by atoms with Gasteiger partial charge < -0.3 is 10.2 Å². The molecule has 0 aliphatic heterocycles. The molecule has 2 amide bonds. The van der Waals surface area contributed by atoms with Gasteiger partial charge in [-0.3, -0.25) is 24.0 Å². The Morgan fingerprint density at radius 2 is 1.67 bits per heavy atom. The van der Waals surface area contributed by atoms with Crippen molar-refractivity contribution in [1.29, 1.82) is 0 Å². The number of hydrogen-bond acceptors (Lipinski definition) is 6. The predicted molar refractivity (Wildman–Crippen MR) is 159 cm³/mol. The van der Waals surface area contributed by atoms with E-state index in [0.29, 0.717) is 12.1 Å². The van der Waals surface area contributed by atoms with Crippen LogP contribution in [0.2, 0.25) is 0 Å². The topological polar surface area (TPSA) is 130 Å². The van der Waals surface area contributed by atoms with Gasteiger partial charge in [0.1, 0.15) is 18.4 Å². The van der Waals surface area contributed by atoms with E-state index in [2.05, 4.69) is 5.32 Å². The quantitative estimate of drug-likeness (QED) is 0.232. The Morgan fingerprint density at radius 3 is 2.26 bits per heavy atom. The second-order valence-corrected chi connectivity index (χ2v) is 12.4. The molecule has 224 valence electrons. The molecule has 3 aromatic carbocycles. The number of anilines is 1. The monoisotopic (exact) mass is 598 g/mol. The second kappa shape index (κ2) is 14.0. The zero-order valence-corrected chi connectivity index (χ0v) is 24.8. The van der Waals surface area contributed by atoms with Crippen LogP contribution < -0.4 is 9.62 Å². The number of nitro groups is 1. The van der Waals surface area contributed by atoms with Crippen molar-refractivity contribution in [2.24, 2.45) is 5.92 Å². The van der Waals surface area contributed by atoms with Gasteiger partial charge in [0, 0.05) is 37.2 Å². The van der Waals surface area contributed by atoms with Crippen LogP contribution in [-0.4, -0.2) is 55.4 Å². The smallest absolute Gasteiger partial charge is 0.271 e. The number of sulfonamides is 1. The first-order valence-corrected chi connectivity index (χ1v) is 15.2. The van der Waals surface area contributed by atoms with Crippen LogP contribution in [0, 0.1) is 28.8 Å². The molecule has 12 heteroatoms. The number of halogens is 1. The second-order valence-electron chi connectivity index (χ2n) is 10.5. The first kappa shape index (κ1) is 32.2. The number of hydrogen-bond donors (Lipinski definition) is 1. The lowest BCUT2D eigenvalue weighted by Crippen LogP contribution is -2.53. The van der Waals surface area contributed by atoms with E-state index in [9.17, 15) is 32.5 Å². The maximum Gasteiger partial charge on any atom is 0.271 e. The third kappa shape index (κ3) is 8.59. The fourth-order valence-corrected chi connectivity index (χ4v) is 5.26. The van der Waals surface area contributed by atoms with Gasteiger partial charge in [0.2, 0.25) is 21.8 Å². The normalized spacial score (nSPS) is 12.0. The minimum absolute atomic E-state index is 0.0465. The number of non-ortho nitro benzene ring substituents is 1. The standard InChI is InChI=1S/C30H35FN4O6S/c1-21(2)18-32-30(37)28(16-23-10-6-5-7-11-23)33(19-24-12-8-9-13-26(24)31)29(36)20-34(42(4,40)41)27-17-25(35(38)39)15-14-22(27)3/h5-15,17,21,28H,16,18-20H2,1-4H3,(H,32,37). The number of benzene rings is 3. The van der Waals surface area contributed by atoms with E-state index in [-0.39, 0.29) is 35.8 Å². The largest absolute Gasteiger partial charge is 0.354 e. The molecule has 0 saturated carbocycles. The molecule has 0 bridgehead atoms. The highest BCUT2D eigenvalue weighted by molar-refractivity contribution is 7.92. The third-order valence-electron chi connectivity index (χ3n) is 6.61. The summed E-state index contributed by atoms with van der Waals surface area (Å²) in [5.41, 5.74) is 0.862. The maximum atomic E-state index is 14.8. The molecule has 0 spiro atoms. The average molecular weight is 599 g/mol. The van der Waals surface area contributed by atoms with Gasteiger partial charge in [-0.05, 0) is 30.0 Å². The number of nitro benzene ring substituents is 1. The first-order chi connectivity index (χ1) is 19.8. The van der Waals surface area contributed by atoms with Crippen molar-refractivity contribution in [2.45, 2.75) is 39.8 Å². The minimum atomic E-state index is -4.13. The molecule has 0 aliphatic rings. The van der Waals surface area contributed by atoms with Crippen molar-refractivity contribution in [3.63, 3.8) is 0 Å². The van der Waals surface area contributed by atoms with Gasteiger partial charge >= 0.3 is 0 Å². The molecule has 0 aromatic heterocycles. The van der Waals surface area contributed by atoms with Crippen LogP contribution in [0.1, 0.15) is 30.5 Å². The summed E-state index contributed by atoms with van der Waals surface area (Å²) in [5.74, 6) is -1.74. The summed E-state index contributed by atoms with van der Waals surface area (Å²) in [6.45, 7) is 4.65. The minimum Gasteiger partial charge on any atom is -0.354 e. The summed E-state index contributed by atoms with van der Waals surface area (Å²) in [6.07, 6.45) is 0.968. The van der Waals surface area contributed by atoms with Gasteiger partial charge in [0.15, 0.2) is 0 Å². The van der Waals surface area contributed by atoms with E-state index in [4.69, 9.17) is 0 Å². The number of carbonyl (C=O) groups is 2. The Labute approximate surface area is 245 Å². The molecule has 0 saturated heterocycles. The van der Waals surface area contributed by atoms with Crippen molar-refractivity contribution in [3.8, 4) is 0 Å². The van der Waals surface area contributed by atoms with Crippen molar-refractivity contribution in [2.75, 3.05) is 23.7 Å². The summed E-state index contributed by atoms with van der Waals surface area (Å²) in [6, 6.07) is 17.4. The van der Waals surface area contributed by atoms with Crippen molar-refractivity contribution < 1.29 is 27.3 Å². The van der Waals surface area contributed by atoms with Gasteiger partial charge in [-0.15, -0.1) is 0 Å². The Kier molecular flexibility index (Phi) is 10.8. The molecule has 3 aromatic rings. The SMILES string of the molecule is Cc1ccc([N+](=O)[O-])cc1N(CC(=O)N(Cc1ccccc1F)C(Cc1ccccc1)C(=O)NCC(C)C)S(C)(=O)=O. The molecule has 3 rings (SSSR count). The van der Waals surface area contributed by atoms with E-state index >= 15 is 0 Å². The van der Waals surface area contributed by atoms with E-state index in [1.807, 2.05) is 19.9 Å². The van der Waals surface area contributed by atoms with Crippen LogP contribution in [0.25, 0.3) is 0 Å². The van der Waals surface area contributed by atoms with Crippen LogP contribution >= 0.6 is 0 Å². The van der Waals surface area contributed by atoms with E-state index < -0.39 is 45.2 Å². The lowest BCUT2D eigenvalue weighted by atomic mass is 10.0. The van der Waals surface area contributed by atoms with Crippen molar-refractivity contribution in [1.82, 2.24) is 10.2 Å². The first-order valence-electron chi connectivity index (χ1n) is 13.3. The molecule has 0 fully saturated rings. The van der Waals surface area contributed by atoms with Crippen LogP contribution in [0.15, 0.2) is 72.8 Å². The van der Waals surface area contributed by atoms with Crippen molar-refractivity contribution >= 4 is 33.2 Å². The average Bonchev–Trinajstić information content (AvgIpc) is 2.93. The van der Waals surface area contributed by atoms with E-state index in [0.717, 1.165) is 22.2 Å². The lowest BCUT2D eigenvalue weighted by molar-refractivity contribution is -0.384. The van der Waals surface area contributed by atoms with E-state index in [1.54, 1.807) is 37.3 Å². The van der Waals surface area contributed by atoms with Gasteiger partial charge in [-0.2, -0.15) is 0 Å². The number of rotatable bonds is 13. The Morgan fingerprint density at radius 1 is 1.02 bits per heavy atom. The maximum absolute atomic E-state index is 14.8. The zero-order chi connectivity index (χ0) is 31.0. The third-order valence-corrected chi connectivity index (χ3v) is 7.73. The van der Waals surface area contributed by atoms with Gasteiger partial charge in [0.05, 0.1) is 16.9 Å². The van der Waals surface area contributed by atoms with Gasteiger partial charge in [0.25, 0.3) is 5.69 Å². The predicted octanol–water partition coefficient (Wildman–Crippen LogP) is 4.22. The summed E-state index contributed by atoms with van der Waals surface area (Å²) in [7, 11) is -4.13. The van der Waals surface area contributed by atoms with E-state index in [1.165, 1.54) is 35.2 Å². The summed E-state index contributed by atoms with van der Waals surface area (Å²) in [5, 5.41) is 14.3. The van der Waals surface area contributed by atoms with Gasteiger partial charge in [-0.1, -0.05) is 68.4 Å². The highest BCUT2D eigenvalue weighted by Crippen LogP contribution is 2.28. The number of nitrogens with zero attached hydrogens (tertiary/aromatic N) is 3. The highest BCUT2D eigenvalue weighted by atomic mass is 32.2. The molecular formula is C30H35FN4O6S. The number of amides is 2. The summed E-state index contributed by atoms with van der Waals surface area (Å²) >= 11 is 0. The summed E-state index contributed by atoms with van der Waals surface area (Å²) < 4.78 is 41.5. The highest BCUT2D eigenvalue weighted by Gasteiger charge is 2.34. The Hall–Kier alpha value is -4.32. The Balaban J connectivity index is 2.11. The fraction of sp³-hybridized carbons (Fsp3) is 0.333. The van der Waals surface area contributed by atoms with Crippen LogP contribution in [0.5, 0.6) is 0 Å². The lowest BCUT2D eigenvalue weighted by Gasteiger charge is -2.34. The molecule has 0 radical (unpaired) electrons. The van der Waals surface area contributed by atoms with Crippen molar-refractivity contribution in [3.05, 3.63) is 105 Å². The number of aryl methyl sites for hydroxylation is 1. The molecule has 10 nitrogen and oxygen atoms in total. The Bertz CT molecular complexity index is 1530.